The van der Waals surface area contributed by atoms with Crippen LogP contribution in [-0.4, -0.2) is 0 Å². The Hall–Kier alpha value is -2.54. The van der Waals surface area contributed by atoms with E-state index in [0.717, 1.165) is 11.1 Å². The zero-order valence-electron chi connectivity index (χ0n) is 10.4. The smallest absolute Gasteiger partial charge is 0.0393 e. The number of anilines is 1. The van der Waals surface area contributed by atoms with Crippen LogP contribution in [0.25, 0.3) is 32.3 Å². The highest BCUT2D eigenvalue weighted by atomic mass is 14.5. The van der Waals surface area contributed by atoms with Crippen molar-refractivity contribution in [1.29, 1.82) is 0 Å². The monoisotopic (exact) mass is 243 g/mol. The first-order chi connectivity index (χ1) is 9.34. The van der Waals surface area contributed by atoms with Crippen molar-refractivity contribution in [2.24, 2.45) is 0 Å². The van der Waals surface area contributed by atoms with Crippen LogP contribution in [0.2, 0.25) is 0 Å². The highest BCUT2D eigenvalue weighted by Crippen LogP contribution is 2.32. The zero-order valence-corrected chi connectivity index (χ0v) is 10.4. The molecule has 0 aliphatic rings. The standard InChI is InChI=1S/C18H13N/c19-18-7-3-6-14-16-9-8-12-4-1-2-5-13(12)15(16)10-11-17(14)18/h1-11H,19H2. The van der Waals surface area contributed by atoms with Crippen LogP contribution in [0.4, 0.5) is 5.69 Å². The van der Waals surface area contributed by atoms with E-state index in [1.165, 1.54) is 26.9 Å². The summed E-state index contributed by atoms with van der Waals surface area (Å²) < 4.78 is 0. The third kappa shape index (κ3) is 1.42. The molecule has 0 aliphatic carbocycles. The van der Waals surface area contributed by atoms with Crippen LogP contribution >= 0.6 is 0 Å². The average Bonchev–Trinajstić information content (AvgIpc) is 2.47. The Balaban J connectivity index is 2.29. The first-order valence-electron chi connectivity index (χ1n) is 6.43. The quantitative estimate of drug-likeness (QED) is 0.350. The molecule has 0 radical (unpaired) electrons. The SMILES string of the molecule is Nc1cccc2c1ccc1c3ccccc3ccc21. The summed E-state index contributed by atoms with van der Waals surface area (Å²) in [7, 11) is 0. The Morgan fingerprint density at radius 2 is 1.11 bits per heavy atom. The fraction of sp³-hybridized carbons (Fsp3) is 0. The molecular formula is C18H13N. The lowest BCUT2D eigenvalue weighted by molar-refractivity contribution is 1.75. The number of benzene rings is 4. The molecule has 4 aromatic rings. The minimum absolute atomic E-state index is 0.840. The van der Waals surface area contributed by atoms with Gasteiger partial charge in [0.25, 0.3) is 0 Å². The van der Waals surface area contributed by atoms with Crippen molar-refractivity contribution in [3.8, 4) is 0 Å². The molecule has 0 aromatic heterocycles. The maximum atomic E-state index is 6.06. The van der Waals surface area contributed by atoms with Crippen molar-refractivity contribution in [3.63, 3.8) is 0 Å². The second-order valence-corrected chi connectivity index (χ2v) is 4.89. The normalized spacial score (nSPS) is 11.4. The van der Waals surface area contributed by atoms with Crippen molar-refractivity contribution in [1.82, 2.24) is 0 Å². The van der Waals surface area contributed by atoms with E-state index in [1.807, 2.05) is 12.1 Å². The van der Waals surface area contributed by atoms with Crippen molar-refractivity contribution in [2.75, 3.05) is 5.73 Å². The highest BCUT2D eigenvalue weighted by molar-refractivity contribution is 6.18. The lowest BCUT2D eigenvalue weighted by Crippen LogP contribution is -1.87. The summed E-state index contributed by atoms with van der Waals surface area (Å²) in [6, 6.07) is 23.3. The van der Waals surface area contributed by atoms with E-state index in [-0.39, 0.29) is 0 Å². The van der Waals surface area contributed by atoms with Crippen LogP contribution in [0.1, 0.15) is 0 Å². The topological polar surface area (TPSA) is 26.0 Å². The summed E-state index contributed by atoms with van der Waals surface area (Å²) in [5, 5.41) is 7.48. The van der Waals surface area contributed by atoms with Gasteiger partial charge in [-0.1, -0.05) is 60.7 Å². The van der Waals surface area contributed by atoms with Gasteiger partial charge in [0.1, 0.15) is 0 Å². The van der Waals surface area contributed by atoms with E-state index in [0.29, 0.717) is 0 Å². The molecule has 1 nitrogen and oxygen atoms in total. The summed E-state index contributed by atoms with van der Waals surface area (Å²) in [5.41, 5.74) is 6.90. The Morgan fingerprint density at radius 1 is 0.474 bits per heavy atom. The van der Waals surface area contributed by atoms with Crippen molar-refractivity contribution < 1.29 is 0 Å². The molecule has 1 heteroatoms. The van der Waals surface area contributed by atoms with E-state index in [4.69, 9.17) is 5.73 Å². The second kappa shape index (κ2) is 3.72. The number of hydrogen-bond acceptors (Lipinski definition) is 1. The van der Waals surface area contributed by atoms with Gasteiger partial charge >= 0.3 is 0 Å². The lowest BCUT2D eigenvalue weighted by Gasteiger charge is -2.08. The van der Waals surface area contributed by atoms with Gasteiger partial charge in [-0.2, -0.15) is 0 Å². The maximum Gasteiger partial charge on any atom is 0.0393 e. The number of nitrogens with two attached hydrogens (primary N) is 1. The minimum atomic E-state index is 0.840. The largest absolute Gasteiger partial charge is 0.398 e. The highest BCUT2D eigenvalue weighted by Gasteiger charge is 2.05. The number of fused-ring (bicyclic) bond motifs is 5. The van der Waals surface area contributed by atoms with Gasteiger partial charge in [-0.15, -0.1) is 0 Å². The molecule has 19 heavy (non-hydrogen) atoms. The van der Waals surface area contributed by atoms with Gasteiger partial charge in [-0.3, -0.25) is 0 Å². The average molecular weight is 243 g/mol. The van der Waals surface area contributed by atoms with Crippen LogP contribution in [-0.2, 0) is 0 Å². The Kier molecular flexibility index (Phi) is 2.04. The molecule has 0 aliphatic heterocycles. The molecule has 4 rings (SSSR count). The molecule has 2 N–H and O–H groups in total. The van der Waals surface area contributed by atoms with Crippen LogP contribution in [0.3, 0.4) is 0 Å². The third-order valence-corrected chi connectivity index (χ3v) is 3.82. The maximum absolute atomic E-state index is 6.06. The fourth-order valence-corrected chi connectivity index (χ4v) is 2.88. The third-order valence-electron chi connectivity index (χ3n) is 3.82. The molecule has 0 fully saturated rings. The second-order valence-electron chi connectivity index (χ2n) is 4.89. The first kappa shape index (κ1) is 10.4. The molecule has 0 unspecified atom stereocenters. The predicted molar refractivity (Wildman–Crippen MR) is 83.4 cm³/mol. The summed E-state index contributed by atoms with van der Waals surface area (Å²) >= 11 is 0. The minimum Gasteiger partial charge on any atom is -0.398 e. The summed E-state index contributed by atoms with van der Waals surface area (Å²) in [4.78, 5) is 0. The molecule has 0 amide bonds. The van der Waals surface area contributed by atoms with Gasteiger partial charge in [0.05, 0.1) is 0 Å². The van der Waals surface area contributed by atoms with Gasteiger partial charge in [0.15, 0.2) is 0 Å². The number of nitrogen functional groups attached to an aromatic ring is 1. The van der Waals surface area contributed by atoms with Crippen molar-refractivity contribution >= 4 is 38.0 Å². The van der Waals surface area contributed by atoms with Crippen molar-refractivity contribution in [2.45, 2.75) is 0 Å². The van der Waals surface area contributed by atoms with Crippen LogP contribution in [0.5, 0.6) is 0 Å². The molecule has 0 saturated heterocycles. The van der Waals surface area contributed by atoms with Crippen LogP contribution in [0, 0.1) is 0 Å². The first-order valence-corrected chi connectivity index (χ1v) is 6.43. The number of rotatable bonds is 0. The molecule has 0 spiro atoms. The Labute approximate surface area is 111 Å². The van der Waals surface area contributed by atoms with E-state index >= 15 is 0 Å². The lowest BCUT2D eigenvalue weighted by atomic mass is 9.96. The van der Waals surface area contributed by atoms with E-state index in [1.54, 1.807) is 0 Å². The van der Waals surface area contributed by atoms with Gasteiger partial charge < -0.3 is 5.73 Å². The van der Waals surface area contributed by atoms with Crippen LogP contribution < -0.4 is 5.73 Å². The molecule has 90 valence electrons. The summed E-state index contributed by atoms with van der Waals surface area (Å²) in [5.74, 6) is 0. The number of hydrogen-bond donors (Lipinski definition) is 1. The molecule has 0 heterocycles. The van der Waals surface area contributed by atoms with E-state index in [2.05, 4.69) is 54.6 Å². The zero-order chi connectivity index (χ0) is 12.8. The Bertz CT molecular complexity index is 922. The Morgan fingerprint density at radius 3 is 2.05 bits per heavy atom. The summed E-state index contributed by atoms with van der Waals surface area (Å²) in [6.45, 7) is 0. The molecule has 4 aromatic carbocycles. The molecular weight excluding hydrogens is 230 g/mol. The molecule has 0 saturated carbocycles. The molecule has 0 atom stereocenters. The summed E-state index contributed by atoms with van der Waals surface area (Å²) in [6.07, 6.45) is 0. The van der Waals surface area contributed by atoms with Gasteiger partial charge in [-0.05, 0) is 33.0 Å². The fourth-order valence-electron chi connectivity index (χ4n) is 2.88. The van der Waals surface area contributed by atoms with Crippen LogP contribution in [0.15, 0.2) is 66.7 Å². The van der Waals surface area contributed by atoms with Gasteiger partial charge in [0.2, 0.25) is 0 Å². The van der Waals surface area contributed by atoms with E-state index in [9.17, 15) is 0 Å². The molecule has 0 bridgehead atoms. The van der Waals surface area contributed by atoms with Gasteiger partial charge in [-0.25, -0.2) is 0 Å². The predicted octanol–water partition coefficient (Wildman–Crippen LogP) is 4.73. The van der Waals surface area contributed by atoms with Gasteiger partial charge in [0, 0.05) is 11.1 Å². The van der Waals surface area contributed by atoms with E-state index < -0.39 is 0 Å². The van der Waals surface area contributed by atoms with Crippen molar-refractivity contribution in [3.05, 3.63) is 66.7 Å².